The molecule has 6 nitrogen and oxygen atoms in total. The van der Waals surface area contributed by atoms with Crippen molar-refractivity contribution in [3.8, 4) is 0 Å². The molecule has 6 heteroatoms. The van der Waals surface area contributed by atoms with Crippen molar-refractivity contribution >= 4 is 11.9 Å². The summed E-state index contributed by atoms with van der Waals surface area (Å²) < 4.78 is 5.86. The monoisotopic (exact) mass is 704 g/mol. The van der Waals surface area contributed by atoms with Crippen LogP contribution in [-0.2, 0) is 14.3 Å². The molecular formula is C44H81NO5. The number of aliphatic hydroxyl groups is 2. The fourth-order valence-electron chi connectivity index (χ4n) is 6.31. The van der Waals surface area contributed by atoms with Crippen LogP contribution in [0, 0.1) is 0 Å². The Labute approximate surface area is 309 Å². The largest absolute Gasteiger partial charge is 0.462 e. The van der Waals surface area contributed by atoms with Gasteiger partial charge in [0.15, 0.2) is 0 Å². The number of aliphatic hydroxyl groups excluding tert-OH is 2. The van der Waals surface area contributed by atoms with Gasteiger partial charge in [-0.3, -0.25) is 9.59 Å². The molecule has 0 aromatic heterocycles. The van der Waals surface area contributed by atoms with E-state index >= 15 is 0 Å². The minimum atomic E-state index is -0.791. The van der Waals surface area contributed by atoms with E-state index in [-0.39, 0.29) is 24.9 Å². The summed E-state index contributed by atoms with van der Waals surface area (Å²) >= 11 is 0. The molecule has 0 saturated carbocycles. The average molecular weight is 704 g/mol. The first-order valence-corrected chi connectivity index (χ1v) is 21.2. The zero-order valence-corrected chi connectivity index (χ0v) is 33.0. The van der Waals surface area contributed by atoms with Crippen molar-refractivity contribution in [3.63, 3.8) is 0 Å². The molecule has 292 valence electrons. The molecule has 0 aliphatic heterocycles. The Morgan fingerprint density at radius 1 is 0.600 bits per heavy atom. The summed E-state index contributed by atoms with van der Waals surface area (Å²) in [6, 6.07) is -0.706. The maximum absolute atomic E-state index is 13.1. The number of amides is 1. The van der Waals surface area contributed by atoms with Gasteiger partial charge in [0.1, 0.15) is 6.10 Å². The highest BCUT2D eigenvalue weighted by Crippen LogP contribution is 2.17. The second-order valence-corrected chi connectivity index (χ2v) is 14.4. The lowest BCUT2D eigenvalue weighted by Gasteiger charge is -2.24. The van der Waals surface area contributed by atoms with Crippen molar-refractivity contribution in [2.75, 3.05) is 6.61 Å². The van der Waals surface area contributed by atoms with E-state index in [1.807, 2.05) is 12.2 Å². The number of unbranched alkanes of at least 4 members (excludes halogenated alkanes) is 21. The molecule has 0 spiro atoms. The molecule has 0 aliphatic carbocycles. The van der Waals surface area contributed by atoms with Crippen molar-refractivity contribution in [3.05, 3.63) is 36.5 Å². The molecule has 0 aromatic carbocycles. The van der Waals surface area contributed by atoms with Gasteiger partial charge in [0.2, 0.25) is 5.91 Å². The summed E-state index contributed by atoms with van der Waals surface area (Å²) in [5.41, 5.74) is 0. The van der Waals surface area contributed by atoms with Crippen LogP contribution in [-0.4, -0.2) is 46.9 Å². The lowest BCUT2D eigenvalue weighted by molar-refractivity contribution is -0.151. The number of ether oxygens (including phenoxy) is 1. The minimum absolute atomic E-state index is 0.0568. The molecule has 3 N–H and O–H groups in total. The van der Waals surface area contributed by atoms with Crippen LogP contribution in [0.5, 0.6) is 0 Å². The Balaban J connectivity index is 4.65. The highest BCUT2D eigenvalue weighted by molar-refractivity contribution is 5.77. The van der Waals surface area contributed by atoms with Crippen LogP contribution in [0.2, 0.25) is 0 Å². The molecule has 3 unspecified atom stereocenters. The maximum atomic E-state index is 13.1. The van der Waals surface area contributed by atoms with Gasteiger partial charge in [-0.1, -0.05) is 186 Å². The molecule has 50 heavy (non-hydrogen) atoms. The number of carbonyl (C=O) groups excluding carboxylic acids is 2. The van der Waals surface area contributed by atoms with Crippen molar-refractivity contribution in [2.45, 2.75) is 225 Å². The zero-order valence-electron chi connectivity index (χ0n) is 33.0. The quantitative estimate of drug-likeness (QED) is 0.0340. The highest BCUT2D eigenvalue weighted by Gasteiger charge is 2.24. The van der Waals surface area contributed by atoms with E-state index in [0.29, 0.717) is 19.3 Å². The first kappa shape index (κ1) is 48.1. The molecular weight excluding hydrogens is 622 g/mol. The van der Waals surface area contributed by atoms with E-state index < -0.39 is 18.2 Å². The van der Waals surface area contributed by atoms with Crippen molar-refractivity contribution in [2.24, 2.45) is 0 Å². The van der Waals surface area contributed by atoms with E-state index in [9.17, 15) is 19.8 Å². The molecule has 0 saturated heterocycles. The molecule has 0 radical (unpaired) electrons. The minimum Gasteiger partial charge on any atom is -0.462 e. The van der Waals surface area contributed by atoms with Crippen LogP contribution in [0.4, 0.5) is 0 Å². The summed E-state index contributed by atoms with van der Waals surface area (Å²) in [6.07, 6.45) is 42.1. The normalized spacial score (nSPS) is 13.8. The number of hydrogen-bond acceptors (Lipinski definition) is 5. The van der Waals surface area contributed by atoms with Crippen LogP contribution in [0.3, 0.4) is 0 Å². The summed E-state index contributed by atoms with van der Waals surface area (Å²) in [4.78, 5) is 25.8. The Kier molecular flexibility index (Phi) is 36.8. The molecule has 1 amide bonds. The summed E-state index contributed by atoms with van der Waals surface area (Å²) in [5.74, 6) is -0.510. The number of rotatable bonds is 37. The first-order valence-electron chi connectivity index (χ1n) is 21.2. The Morgan fingerprint density at radius 3 is 1.62 bits per heavy atom. The Bertz CT molecular complexity index is 838. The van der Waals surface area contributed by atoms with Crippen LogP contribution in [0.25, 0.3) is 0 Å². The summed E-state index contributed by atoms with van der Waals surface area (Å²) in [6.45, 7) is 6.29. The molecule has 0 rings (SSSR count). The Morgan fingerprint density at radius 2 is 1.08 bits per heavy atom. The molecule has 0 aromatic rings. The third-order valence-electron chi connectivity index (χ3n) is 9.54. The zero-order chi connectivity index (χ0) is 36.8. The lowest BCUT2D eigenvalue weighted by atomic mass is 10.0. The van der Waals surface area contributed by atoms with Crippen molar-refractivity contribution in [1.29, 1.82) is 0 Å². The maximum Gasteiger partial charge on any atom is 0.306 e. The second kappa shape index (κ2) is 38.3. The van der Waals surface area contributed by atoms with Crippen LogP contribution < -0.4 is 5.32 Å². The number of carbonyl (C=O) groups is 2. The summed E-state index contributed by atoms with van der Waals surface area (Å²) in [7, 11) is 0. The van der Waals surface area contributed by atoms with E-state index in [0.717, 1.165) is 70.6 Å². The van der Waals surface area contributed by atoms with E-state index in [1.165, 1.54) is 89.9 Å². The van der Waals surface area contributed by atoms with Gasteiger partial charge < -0.3 is 20.3 Å². The van der Waals surface area contributed by atoms with Gasteiger partial charge in [0, 0.05) is 6.42 Å². The number of nitrogens with one attached hydrogen (secondary N) is 1. The average Bonchev–Trinajstić information content (AvgIpc) is 3.10. The van der Waals surface area contributed by atoms with E-state index in [2.05, 4.69) is 50.4 Å². The molecule has 0 fully saturated rings. The summed E-state index contributed by atoms with van der Waals surface area (Å²) in [5, 5.41) is 23.5. The smallest absolute Gasteiger partial charge is 0.306 e. The topological polar surface area (TPSA) is 95.9 Å². The Hall–Kier alpha value is -1.92. The van der Waals surface area contributed by atoms with Crippen LogP contribution >= 0.6 is 0 Å². The lowest BCUT2D eigenvalue weighted by Crippen LogP contribution is -2.46. The number of esters is 1. The predicted octanol–water partition coefficient (Wildman–Crippen LogP) is 11.8. The van der Waals surface area contributed by atoms with Crippen molar-refractivity contribution in [1.82, 2.24) is 5.32 Å². The van der Waals surface area contributed by atoms with Gasteiger partial charge in [-0.15, -0.1) is 0 Å². The van der Waals surface area contributed by atoms with E-state index in [4.69, 9.17) is 4.74 Å². The highest BCUT2D eigenvalue weighted by atomic mass is 16.5. The molecule has 3 atom stereocenters. The molecule has 0 heterocycles. The second-order valence-electron chi connectivity index (χ2n) is 14.4. The number of hydrogen-bond donors (Lipinski definition) is 3. The fourth-order valence-corrected chi connectivity index (χ4v) is 6.31. The van der Waals surface area contributed by atoms with Gasteiger partial charge in [0.25, 0.3) is 0 Å². The van der Waals surface area contributed by atoms with Gasteiger partial charge in [-0.25, -0.2) is 0 Å². The number of allylic oxidation sites excluding steroid dienone is 6. The van der Waals surface area contributed by atoms with Crippen molar-refractivity contribution < 1.29 is 24.5 Å². The first-order chi connectivity index (χ1) is 24.5. The van der Waals surface area contributed by atoms with Crippen LogP contribution in [0.1, 0.15) is 207 Å². The molecule has 0 aliphatic rings. The molecule has 0 bridgehead atoms. The van der Waals surface area contributed by atoms with Crippen LogP contribution in [0.15, 0.2) is 36.5 Å². The third kappa shape index (κ3) is 33.2. The van der Waals surface area contributed by atoms with E-state index in [1.54, 1.807) is 0 Å². The van der Waals surface area contributed by atoms with Gasteiger partial charge in [0.05, 0.1) is 25.2 Å². The standard InChI is InChI=1S/C44H81NO5/c1-4-7-10-13-16-19-22-23-26-29-32-35-40(50-44(49)37-34-31-28-25-21-18-15-12-9-6-3)38-43(48)45-41(39-46)42(47)36-33-30-27-24-20-17-14-11-8-5-2/h7,10,13,16,19,22,40-42,46-47H,4-6,8-9,11-12,14-15,17-18,20-21,23-39H2,1-3H3,(H,45,48)/b10-7+,16-13+,22-19-. The SMILES string of the molecule is CC/C=C/C=C/C=C\CCCCCC(CC(=O)NC(CO)C(O)CCCCCCCCCCCC)OC(=O)CCCCCCCCCCCC. The fraction of sp³-hybridized carbons (Fsp3) is 0.818. The van der Waals surface area contributed by atoms with Gasteiger partial charge in [-0.05, 0) is 44.9 Å². The van der Waals surface area contributed by atoms with Gasteiger partial charge >= 0.3 is 5.97 Å². The van der Waals surface area contributed by atoms with Gasteiger partial charge in [-0.2, -0.15) is 0 Å². The third-order valence-corrected chi connectivity index (χ3v) is 9.54. The predicted molar refractivity (Wildman–Crippen MR) is 213 cm³/mol.